The van der Waals surface area contributed by atoms with Gasteiger partial charge in [0.1, 0.15) is 0 Å². The molecule has 2 rings (SSSR count). The van der Waals surface area contributed by atoms with Crippen LogP contribution in [0.15, 0.2) is 48.7 Å². The molecule has 0 saturated carbocycles. The molecule has 1 aromatic heterocycles. The molecule has 1 heterocycles. The summed E-state index contributed by atoms with van der Waals surface area (Å²) in [6, 6.07) is 12.8. The molecule has 0 radical (unpaired) electrons. The Hall–Kier alpha value is -2.80. The second-order valence-electron chi connectivity index (χ2n) is 5.79. The van der Waals surface area contributed by atoms with Gasteiger partial charge < -0.3 is 10.4 Å². The molecule has 2 N–H and O–H groups in total. The first-order chi connectivity index (χ1) is 12.3. The quantitative estimate of drug-likeness (QED) is 0.527. The lowest BCUT2D eigenvalue weighted by Crippen LogP contribution is -2.02. The lowest BCUT2D eigenvalue weighted by atomic mass is 10.1. The summed E-state index contributed by atoms with van der Waals surface area (Å²) in [7, 11) is 0. The number of pyridine rings is 1. The van der Waals surface area contributed by atoms with Gasteiger partial charge >= 0.3 is 5.97 Å². The van der Waals surface area contributed by atoms with Crippen molar-refractivity contribution in [1.29, 1.82) is 0 Å². The standard InChI is InChI=1S/C21H24N2O2/c24-21(25)18-12-14-20(15-13-18)23-16-8-5-3-1-2-4-6-10-19-11-7-9-17-22-19/h7,9,11-15,17,23H,3-6,8,10,16H2,(H,24,25). The number of rotatable bonds is 9. The van der Waals surface area contributed by atoms with Gasteiger partial charge in [-0.3, -0.25) is 4.98 Å². The zero-order valence-electron chi connectivity index (χ0n) is 14.4. The van der Waals surface area contributed by atoms with Gasteiger partial charge in [0, 0.05) is 37.0 Å². The van der Waals surface area contributed by atoms with E-state index in [4.69, 9.17) is 5.11 Å². The maximum Gasteiger partial charge on any atom is 0.335 e. The van der Waals surface area contributed by atoms with Crippen molar-refractivity contribution in [3.8, 4) is 11.8 Å². The van der Waals surface area contributed by atoms with Crippen LogP contribution < -0.4 is 5.32 Å². The minimum atomic E-state index is -0.898. The molecule has 4 heteroatoms. The van der Waals surface area contributed by atoms with E-state index in [1.165, 1.54) is 0 Å². The van der Waals surface area contributed by atoms with E-state index in [-0.39, 0.29) is 0 Å². The van der Waals surface area contributed by atoms with Gasteiger partial charge in [-0.2, -0.15) is 0 Å². The largest absolute Gasteiger partial charge is 0.478 e. The Morgan fingerprint density at radius 1 is 1.00 bits per heavy atom. The van der Waals surface area contributed by atoms with Crippen LogP contribution in [0.25, 0.3) is 0 Å². The first-order valence-electron chi connectivity index (χ1n) is 8.68. The van der Waals surface area contributed by atoms with Crippen molar-refractivity contribution in [1.82, 2.24) is 4.98 Å². The Morgan fingerprint density at radius 3 is 2.44 bits per heavy atom. The molecular weight excluding hydrogens is 312 g/mol. The number of carboxylic acid groups (broad SMARTS) is 1. The van der Waals surface area contributed by atoms with Crippen molar-refractivity contribution in [2.45, 2.75) is 38.5 Å². The fourth-order valence-electron chi connectivity index (χ4n) is 2.38. The number of carboxylic acids is 1. The molecule has 25 heavy (non-hydrogen) atoms. The minimum Gasteiger partial charge on any atom is -0.478 e. The molecular formula is C21H24N2O2. The highest BCUT2D eigenvalue weighted by atomic mass is 16.4. The van der Waals surface area contributed by atoms with Gasteiger partial charge in [-0.1, -0.05) is 6.07 Å². The van der Waals surface area contributed by atoms with Gasteiger partial charge in [-0.15, -0.1) is 11.8 Å². The van der Waals surface area contributed by atoms with Crippen LogP contribution >= 0.6 is 0 Å². The molecule has 0 aliphatic rings. The maximum absolute atomic E-state index is 10.8. The number of nitrogens with zero attached hydrogens (tertiary/aromatic N) is 1. The number of aromatic nitrogens is 1. The normalized spacial score (nSPS) is 9.92. The Balaban J connectivity index is 1.50. The highest BCUT2D eigenvalue weighted by molar-refractivity contribution is 5.87. The highest BCUT2D eigenvalue weighted by Crippen LogP contribution is 2.10. The van der Waals surface area contributed by atoms with Crippen molar-refractivity contribution >= 4 is 11.7 Å². The topological polar surface area (TPSA) is 62.2 Å². The summed E-state index contributed by atoms with van der Waals surface area (Å²) in [4.78, 5) is 15.1. The number of hydrogen-bond acceptors (Lipinski definition) is 3. The van der Waals surface area contributed by atoms with Crippen LogP contribution in [0.4, 0.5) is 5.69 Å². The molecule has 0 amide bonds. The van der Waals surface area contributed by atoms with E-state index in [0.717, 1.165) is 56.5 Å². The zero-order chi connectivity index (χ0) is 17.7. The van der Waals surface area contributed by atoms with E-state index < -0.39 is 5.97 Å². The van der Waals surface area contributed by atoms with Crippen LogP contribution in [-0.2, 0) is 6.42 Å². The second kappa shape index (κ2) is 10.9. The molecule has 4 nitrogen and oxygen atoms in total. The summed E-state index contributed by atoms with van der Waals surface area (Å²) in [5, 5.41) is 12.1. The van der Waals surface area contributed by atoms with Gasteiger partial charge in [-0.05, 0) is 62.1 Å². The molecule has 130 valence electrons. The van der Waals surface area contributed by atoms with Crippen LogP contribution in [0, 0.1) is 11.8 Å². The Kier molecular flexibility index (Phi) is 8.07. The number of aryl methyl sites for hydroxylation is 1. The Bertz CT molecular complexity index is 700. The highest BCUT2D eigenvalue weighted by Gasteiger charge is 2.00. The van der Waals surface area contributed by atoms with Gasteiger partial charge in [0.15, 0.2) is 0 Å². The van der Waals surface area contributed by atoms with E-state index in [2.05, 4.69) is 28.2 Å². The number of benzene rings is 1. The predicted molar refractivity (Wildman–Crippen MR) is 101 cm³/mol. The average Bonchev–Trinajstić information content (AvgIpc) is 2.64. The fourth-order valence-corrected chi connectivity index (χ4v) is 2.38. The summed E-state index contributed by atoms with van der Waals surface area (Å²) in [5.41, 5.74) is 2.39. The molecule has 0 aliphatic carbocycles. The minimum absolute atomic E-state index is 0.309. The first-order valence-corrected chi connectivity index (χ1v) is 8.68. The molecule has 0 bridgehead atoms. The number of hydrogen-bond donors (Lipinski definition) is 2. The Labute approximate surface area is 149 Å². The average molecular weight is 336 g/mol. The molecule has 0 spiro atoms. The van der Waals surface area contributed by atoms with E-state index in [1.54, 1.807) is 24.3 Å². The smallest absolute Gasteiger partial charge is 0.335 e. The van der Waals surface area contributed by atoms with E-state index in [9.17, 15) is 4.79 Å². The molecule has 1 aromatic carbocycles. The van der Waals surface area contributed by atoms with Gasteiger partial charge in [0.2, 0.25) is 0 Å². The van der Waals surface area contributed by atoms with Crippen molar-refractivity contribution in [2.24, 2.45) is 0 Å². The van der Waals surface area contributed by atoms with Gasteiger partial charge in [0.05, 0.1) is 5.56 Å². The van der Waals surface area contributed by atoms with Crippen molar-refractivity contribution < 1.29 is 9.90 Å². The van der Waals surface area contributed by atoms with Crippen LogP contribution in [0.3, 0.4) is 0 Å². The maximum atomic E-state index is 10.8. The molecule has 0 unspecified atom stereocenters. The molecule has 0 saturated heterocycles. The number of unbranched alkanes of at least 4 members (excludes halogenated alkanes) is 3. The lowest BCUT2D eigenvalue weighted by molar-refractivity contribution is 0.0697. The van der Waals surface area contributed by atoms with Crippen LogP contribution in [0.2, 0.25) is 0 Å². The van der Waals surface area contributed by atoms with Crippen molar-refractivity contribution in [3.63, 3.8) is 0 Å². The fraction of sp³-hybridized carbons (Fsp3) is 0.333. The van der Waals surface area contributed by atoms with Gasteiger partial charge in [-0.25, -0.2) is 4.79 Å². The summed E-state index contributed by atoms with van der Waals surface area (Å²) >= 11 is 0. The van der Waals surface area contributed by atoms with Gasteiger partial charge in [0.25, 0.3) is 0 Å². The summed E-state index contributed by atoms with van der Waals surface area (Å²) in [5.74, 6) is 5.56. The Morgan fingerprint density at radius 2 is 1.76 bits per heavy atom. The molecule has 0 fully saturated rings. The zero-order valence-corrected chi connectivity index (χ0v) is 14.4. The van der Waals surface area contributed by atoms with E-state index >= 15 is 0 Å². The predicted octanol–water partition coefficient (Wildman–Crippen LogP) is 4.39. The third-order valence-electron chi connectivity index (χ3n) is 3.78. The summed E-state index contributed by atoms with van der Waals surface area (Å²) < 4.78 is 0. The van der Waals surface area contributed by atoms with Crippen LogP contribution in [0.1, 0.15) is 48.2 Å². The number of aromatic carboxylic acids is 1. The second-order valence-corrected chi connectivity index (χ2v) is 5.79. The molecule has 0 aliphatic heterocycles. The first kappa shape index (κ1) is 18.5. The number of carbonyl (C=O) groups is 1. The third-order valence-corrected chi connectivity index (χ3v) is 3.78. The third kappa shape index (κ3) is 7.54. The van der Waals surface area contributed by atoms with Crippen LogP contribution in [-0.4, -0.2) is 22.6 Å². The monoisotopic (exact) mass is 336 g/mol. The number of anilines is 1. The van der Waals surface area contributed by atoms with Crippen molar-refractivity contribution in [3.05, 3.63) is 59.9 Å². The number of nitrogens with one attached hydrogen (secondary N) is 1. The SMILES string of the molecule is O=C(O)c1ccc(NCCCCC#CCCCc2ccccn2)cc1. The summed E-state index contributed by atoms with van der Waals surface area (Å²) in [6.45, 7) is 0.869. The molecule has 0 atom stereocenters. The molecule has 2 aromatic rings. The van der Waals surface area contributed by atoms with Crippen molar-refractivity contribution in [2.75, 3.05) is 11.9 Å². The lowest BCUT2D eigenvalue weighted by Gasteiger charge is -2.05. The summed E-state index contributed by atoms with van der Waals surface area (Å²) in [6.07, 6.45) is 7.82. The van der Waals surface area contributed by atoms with Crippen LogP contribution in [0.5, 0.6) is 0 Å². The van der Waals surface area contributed by atoms with E-state index in [0.29, 0.717) is 5.56 Å². The van der Waals surface area contributed by atoms with E-state index in [1.807, 2.05) is 18.3 Å².